The molecule has 0 aliphatic rings. The van der Waals surface area contributed by atoms with Crippen molar-refractivity contribution in [2.75, 3.05) is 19.5 Å². The normalized spacial score (nSPS) is 13.7. The van der Waals surface area contributed by atoms with E-state index in [0.717, 1.165) is 6.07 Å². The lowest BCUT2D eigenvalue weighted by atomic mass is 10.1. The highest BCUT2D eigenvalue weighted by atomic mass is 32.2. The minimum atomic E-state index is -3.85. The van der Waals surface area contributed by atoms with E-state index in [2.05, 4.69) is 4.72 Å². The average molecular weight is 304 g/mol. The van der Waals surface area contributed by atoms with Crippen molar-refractivity contribution >= 4 is 15.7 Å². The van der Waals surface area contributed by atoms with Gasteiger partial charge in [-0.1, -0.05) is 13.8 Å². The maximum Gasteiger partial charge on any atom is 0.241 e. The molecule has 114 valence electrons. The third-order valence-electron chi connectivity index (χ3n) is 3.07. The van der Waals surface area contributed by atoms with E-state index in [-0.39, 0.29) is 28.7 Å². The van der Waals surface area contributed by atoms with E-state index in [4.69, 9.17) is 10.5 Å². The van der Waals surface area contributed by atoms with Crippen LogP contribution in [0.5, 0.6) is 0 Å². The molecule has 1 atom stereocenters. The largest absolute Gasteiger partial charge is 0.399 e. The number of anilines is 1. The van der Waals surface area contributed by atoms with Gasteiger partial charge in [-0.25, -0.2) is 17.5 Å². The van der Waals surface area contributed by atoms with Crippen LogP contribution in [0, 0.1) is 18.7 Å². The molecule has 1 unspecified atom stereocenters. The molecule has 0 radical (unpaired) electrons. The lowest BCUT2D eigenvalue weighted by Gasteiger charge is -2.22. The van der Waals surface area contributed by atoms with E-state index in [9.17, 15) is 12.8 Å². The molecule has 0 amide bonds. The van der Waals surface area contributed by atoms with Crippen molar-refractivity contribution in [2.45, 2.75) is 31.7 Å². The van der Waals surface area contributed by atoms with Crippen LogP contribution >= 0.6 is 0 Å². The first-order chi connectivity index (χ1) is 9.19. The molecule has 1 aromatic rings. The summed E-state index contributed by atoms with van der Waals surface area (Å²) in [5, 5.41) is 0. The summed E-state index contributed by atoms with van der Waals surface area (Å²) in [7, 11) is -2.36. The Morgan fingerprint density at radius 3 is 2.50 bits per heavy atom. The molecular weight excluding hydrogens is 283 g/mol. The minimum absolute atomic E-state index is 0.0379. The number of nitrogen functional groups attached to an aromatic ring is 1. The average Bonchev–Trinajstić information content (AvgIpc) is 2.32. The van der Waals surface area contributed by atoms with Gasteiger partial charge in [-0.3, -0.25) is 0 Å². The van der Waals surface area contributed by atoms with Crippen molar-refractivity contribution < 1.29 is 17.5 Å². The highest BCUT2D eigenvalue weighted by Gasteiger charge is 2.25. The first-order valence-corrected chi connectivity index (χ1v) is 7.74. The van der Waals surface area contributed by atoms with Gasteiger partial charge in [-0.15, -0.1) is 0 Å². The topological polar surface area (TPSA) is 81.4 Å². The summed E-state index contributed by atoms with van der Waals surface area (Å²) in [6, 6.07) is 1.96. The second-order valence-corrected chi connectivity index (χ2v) is 6.74. The predicted octanol–water partition coefficient (Wildman–Crippen LogP) is 1.67. The number of sulfonamides is 1. The van der Waals surface area contributed by atoms with Crippen molar-refractivity contribution in [2.24, 2.45) is 5.92 Å². The summed E-state index contributed by atoms with van der Waals surface area (Å²) in [4.78, 5) is -0.142. The molecule has 7 heteroatoms. The lowest BCUT2D eigenvalue weighted by Crippen LogP contribution is -2.41. The first-order valence-electron chi connectivity index (χ1n) is 6.26. The zero-order chi connectivity index (χ0) is 15.5. The third kappa shape index (κ3) is 3.91. The fourth-order valence-corrected chi connectivity index (χ4v) is 3.42. The van der Waals surface area contributed by atoms with Gasteiger partial charge in [0.25, 0.3) is 0 Å². The first kappa shape index (κ1) is 16.9. The standard InChI is InChI=1S/C13H21FN2O3S/c1-8(2)12(7-19-4)16-20(17,18)13-6-10(15)5-11(14)9(13)3/h5-6,8,12,16H,7,15H2,1-4H3. The molecule has 1 rings (SSSR count). The Bertz CT molecular complexity index is 573. The smallest absolute Gasteiger partial charge is 0.241 e. The number of hydrogen-bond donors (Lipinski definition) is 2. The van der Waals surface area contributed by atoms with Crippen LogP contribution in [-0.2, 0) is 14.8 Å². The molecule has 0 aliphatic carbocycles. The molecule has 0 saturated heterocycles. The van der Waals surface area contributed by atoms with Gasteiger partial charge in [-0.05, 0) is 25.0 Å². The molecule has 1 aromatic carbocycles. The van der Waals surface area contributed by atoms with Crippen molar-refractivity contribution in [3.8, 4) is 0 Å². The second kappa shape index (κ2) is 6.51. The molecule has 5 nitrogen and oxygen atoms in total. The zero-order valence-electron chi connectivity index (χ0n) is 12.1. The van der Waals surface area contributed by atoms with E-state index < -0.39 is 21.9 Å². The van der Waals surface area contributed by atoms with E-state index in [0.29, 0.717) is 0 Å². The summed E-state index contributed by atoms with van der Waals surface area (Å²) in [6.45, 7) is 5.39. The number of nitrogens with two attached hydrogens (primary N) is 1. The Kier molecular flexibility index (Phi) is 5.50. The SMILES string of the molecule is COCC(NS(=O)(=O)c1cc(N)cc(F)c1C)C(C)C. The van der Waals surface area contributed by atoms with Crippen LogP contribution in [0.1, 0.15) is 19.4 Å². The summed E-state index contributed by atoms with van der Waals surface area (Å²) in [6.07, 6.45) is 0. The van der Waals surface area contributed by atoms with Gasteiger partial charge in [0.05, 0.1) is 11.5 Å². The van der Waals surface area contributed by atoms with Crippen LogP contribution in [0.25, 0.3) is 0 Å². The van der Waals surface area contributed by atoms with Gasteiger partial charge in [0.2, 0.25) is 10.0 Å². The highest BCUT2D eigenvalue weighted by Crippen LogP contribution is 2.22. The molecule has 20 heavy (non-hydrogen) atoms. The molecule has 3 N–H and O–H groups in total. The number of methoxy groups -OCH3 is 1. The Morgan fingerprint density at radius 1 is 1.40 bits per heavy atom. The fourth-order valence-electron chi connectivity index (χ4n) is 1.76. The van der Waals surface area contributed by atoms with E-state index >= 15 is 0 Å². The number of rotatable bonds is 6. The number of nitrogens with one attached hydrogen (secondary N) is 1. The maximum absolute atomic E-state index is 13.6. The fraction of sp³-hybridized carbons (Fsp3) is 0.538. The van der Waals surface area contributed by atoms with Gasteiger partial charge in [0.15, 0.2) is 0 Å². The third-order valence-corrected chi connectivity index (χ3v) is 4.68. The second-order valence-electron chi connectivity index (χ2n) is 5.05. The van der Waals surface area contributed by atoms with Crippen LogP contribution in [-0.4, -0.2) is 28.2 Å². The molecule has 0 aliphatic heterocycles. The summed E-state index contributed by atoms with van der Waals surface area (Å²) >= 11 is 0. The quantitative estimate of drug-likeness (QED) is 0.783. The monoisotopic (exact) mass is 304 g/mol. The van der Waals surface area contributed by atoms with Gasteiger partial charge >= 0.3 is 0 Å². The summed E-state index contributed by atoms with van der Waals surface area (Å²) in [5.41, 5.74) is 5.64. The van der Waals surface area contributed by atoms with Crippen LogP contribution in [0.4, 0.5) is 10.1 Å². The van der Waals surface area contributed by atoms with Crippen LogP contribution < -0.4 is 10.5 Å². The Morgan fingerprint density at radius 2 is 2.00 bits per heavy atom. The Hall–Kier alpha value is -1.18. The Labute approximate surface area is 119 Å². The molecule has 0 spiro atoms. The number of ether oxygens (including phenoxy) is 1. The summed E-state index contributed by atoms with van der Waals surface area (Å²) in [5.74, 6) is -0.603. The van der Waals surface area contributed by atoms with Crippen LogP contribution in [0.15, 0.2) is 17.0 Å². The number of hydrogen-bond acceptors (Lipinski definition) is 4. The predicted molar refractivity (Wildman–Crippen MR) is 76.4 cm³/mol. The van der Waals surface area contributed by atoms with E-state index in [1.807, 2.05) is 13.8 Å². The van der Waals surface area contributed by atoms with Gasteiger partial charge in [0, 0.05) is 24.4 Å². The molecule has 0 bridgehead atoms. The number of halogens is 1. The number of benzene rings is 1. The Balaban J connectivity index is 3.17. The molecule has 0 aromatic heterocycles. The van der Waals surface area contributed by atoms with Crippen molar-refractivity contribution in [1.29, 1.82) is 0 Å². The molecule has 0 saturated carbocycles. The lowest BCUT2D eigenvalue weighted by molar-refractivity contribution is 0.157. The van der Waals surface area contributed by atoms with Gasteiger partial charge in [0.1, 0.15) is 5.82 Å². The molecule has 0 fully saturated rings. The van der Waals surface area contributed by atoms with Crippen molar-refractivity contribution in [1.82, 2.24) is 4.72 Å². The zero-order valence-corrected chi connectivity index (χ0v) is 12.9. The van der Waals surface area contributed by atoms with Gasteiger partial charge < -0.3 is 10.5 Å². The van der Waals surface area contributed by atoms with Gasteiger partial charge in [-0.2, -0.15) is 0 Å². The molecular formula is C13H21FN2O3S. The van der Waals surface area contributed by atoms with Crippen LogP contribution in [0.2, 0.25) is 0 Å². The van der Waals surface area contributed by atoms with Crippen LogP contribution in [0.3, 0.4) is 0 Å². The van der Waals surface area contributed by atoms with E-state index in [1.54, 1.807) is 0 Å². The summed E-state index contributed by atoms with van der Waals surface area (Å²) < 4.78 is 45.9. The van der Waals surface area contributed by atoms with E-state index in [1.165, 1.54) is 20.1 Å². The maximum atomic E-state index is 13.6. The minimum Gasteiger partial charge on any atom is -0.399 e. The van der Waals surface area contributed by atoms with Crippen molar-refractivity contribution in [3.05, 3.63) is 23.5 Å². The molecule has 0 heterocycles. The highest BCUT2D eigenvalue weighted by molar-refractivity contribution is 7.89. The van der Waals surface area contributed by atoms with Crippen molar-refractivity contribution in [3.63, 3.8) is 0 Å².